The van der Waals surface area contributed by atoms with Crippen LogP contribution in [-0.2, 0) is 14.3 Å². The molecule has 1 aromatic rings. The lowest BCUT2D eigenvalue weighted by molar-refractivity contribution is -0.137. The summed E-state index contributed by atoms with van der Waals surface area (Å²) in [5, 5.41) is 5.75. The Kier molecular flexibility index (Phi) is 6.88. The fourth-order valence-electron chi connectivity index (χ4n) is 2.43. The zero-order chi connectivity index (χ0) is 16.7. The molecule has 1 heterocycles. The molecule has 1 saturated heterocycles. The lowest BCUT2D eigenvalue weighted by Crippen LogP contribution is -2.52. The zero-order valence-electron chi connectivity index (χ0n) is 13.2. The van der Waals surface area contributed by atoms with Gasteiger partial charge in [-0.1, -0.05) is 30.3 Å². The van der Waals surface area contributed by atoms with Gasteiger partial charge >= 0.3 is 0 Å². The highest BCUT2D eigenvalue weighted by atomic mass is 32.2. The molecule has 126 valence electrons. The van der Waals surface area contributed by atoms with E-state index in [0.29, 0.717) is 13.0 Å². The molecular formula is C16H23N3O3S. The maximum Gasteiger partial charge on any atom is 0.246 e. The fourth-order valence-corrected chi connectivity index (χ4v) is 2.92. The number of thioether (sulfide) groups is 1. The summed E-state index contributed by atoms with van der Waals surface area (Å²) in [6.07, 6.45) is 2.30. The molecule has 0 aromatic heterocycles. The zero-order valence-corrected chi connectivity index (χ0v) is 14.0. The molecule has 0 unspecified atom stereocenters. The molecule has 1 aromatic carbocycles. The number of amides is 2. The molecule has 1 aliphatic rings. The number of rotatable bonds is 7. The van der Waals surface area contributed by atoms with E-state index < -0.39 is 6.04 Å². The number of hydrogen-bond donors (Lipinski definition) is 3. The van der Waals surface area contributed by atoms with Gasteiger partial charge in [-0.25, -0.2) is 0 Å². The van der Waals surface area contributed by atoms with Crippen LogP contribution >= 0.6 is 11.8 Å². The molecule has 3 atom stereocenters. The van der Waals surface area contributed by atoms with E-state index in [2.05, 4.69) is 10.6 Å². The molecule has 0 saturated carbocycles. The van der Waals surface area contributed by atoms with Crippen molar-refractivity contribution in [2.45, 2.75) is 24.6 Å². The van der Waals surface area contributed by atoms with Gasteiger partial charge in [0, 0.05) is 6.54 Å². The highest BCUT2D eigenvalue weighted by Gasteiger charge is 2.31. The van der Waals surface area contributed by atoms with Crippen LogP contribution in [0.5, 0.6) is 0 Å². The number of morpholine rings is 1. The van der Waals surface area contributed by atoms with E-state index in [1.54, 1.807) is 11.8 Å². The molecule has 7 heteroatoms. The van der Waals surface area contributed by atoms with Crippen LogP contribution < -0.4 is 16.4 Å². The second kappa shape index (κ2) is 8.90. The topological polar surface area (TPSA) is 93.5 Å². The predicted octanol–water partition coefficient (Wildman–Crippen LogP) is 0.439. The van der Waals surface area contributed by atoms with E-state index in [4.69, 9.17) is 10.5 Å². The predicted molar refractivity (Wildman–Crippen MR) is 91.0 cm³/mol. The number of carbonyl (C=O) groups is 2. The lowest BCUT2D eigenvalue weighted by Gasteiger charge is -2.33. The number of benzene rings is 1. The highest BCUT2D eigenvalue weighted by molar-refractivity contribution is 7.98. The summed E-state index contributed by atoms with van der Waals surface area (Å²) in [6.45, 7) is 0.314. The molecule has 4 N–H and O–H groups in total. The summed E-state index contributed by atoms with van der Waals surface area (Å²) < 4.78 is 5.60. The molecule has 0 spiro atoms. The number of hydrogen-bond acceptors (Lipinski definition) is 5. The minimum atomic E-state index is -0.518. The van der Waals surface area contributed by atoms with Crippen LogP contribution in [0.15, 0.2) is 30.3 Å². The first-order valence-corrected chi connectivity index (χ1v) is 8.99. The minimum absolute atomic E-state index is 0.00238. The second-order valence-corrected chi connectivity index (χ2v) is 6.42. The molecule has 6 nitrogen and oxygen atoms in total. The van der Waals surface area contributed by atoms with Crippen molar-refractivity contribution in [3.8, 4) is 0 Å². The van der Waals surface area contributed by atoms with Crippen LogP contribution in [-0.4, -0.2) is 49.1 Å². The molecule has 0 bridgehead atoms. The maximum absolute atomic E-state index is 12.0. The molecule has 1 fully saturated rings. The van der Waals surface area contributed by atoms with E-state index in [1.807, 2.05) is 36.6 Å². The van der Waals surface area contributed by atoms with Gasteiger partial charge in [-0.2, -0.15) is 11.8 Å². The van der Waals surface area contributed by atoms with Gasteiger partial charge in [-0.15, -0.1) is 0 Å². The molecule has 0 aliphatic carbocycles. The van der Waals surface area contributed by atoms with Gasteiger partial charge in [0.25, 0.3) is 0 Å². The summed E-state index contributed by atoms with van der Waals surface area (Å²) in [7, 11) is 0. The van der Waals surface area contributed by atoms with Gasteiger partial charge in [0.15, 0.2) is 0 Å². The average molecular weight is 337 g/mol. The van der Waals surface area contributed by atoms with Crippen molar-refractivity contribution in [1.82, 2.24) is 10.6 Å². The first-order chi connectivity index (χ1) is 11.1. The van der Waals surface area contributed by atoms with Crippen LogP contribution in [0.25, 0.3) is 0 Å². The van der Waals surface area contributed by atoms with Crippen LogP contribution in [0.3, 0.4) is 0 Å². The summed E-state index contributed by atoms with van der Waals surface area (Å²) in [4.78, 5) is 23.6. The monoisotopic (exact) mass is 337 g/mol. The van der Waals surface area contributed by atoms with Crippen molar-refractivity contribution < 1.29 is 14.3 Å². The number of nitrogens with one attached hydrogen (secondary N) is 2. The van der Waals surface area contributed by atoms with Gasteiger partial charge in [0.1, 0.15) is 6.61 Å². The third-order valence-electron chi connectivity index (χ3n) is 3.72. The van der Waals surface area contributed by atoms with Crippen LogP contribution in [0, 0.1) is 0 Å². The average Bonchev–Trinajstić information content (AvgIpc) is 2.59. The fraction of sp³-hybridized carbons (Fsp3) is 0.500. The minimum Gasteiger partial charge on any atom is -0.364 e. The van der Waals surface area contributed by atoms with Crippen molar-refractivity contribution in [2.24, 2.45) is 5.73 Å². The quantitative estimate of drug-likeness (QED) is 0.671. The Bertz CT molecular complexity index is 527. The van der Waals surface area contributed by atoms with Crippen molar-refractivity contribution >= 4 is 23.6 Å². The van der Waals surface area contributed by atoms with Crippen molar-refractivity contribution in [1.29, 1.82) is 0 Å². The lowest BCUT2D eigenvalue weighted by atomic mass is 9.99. The number of carbonyl (C=O) groups excluding carboxylic acids is 2. The van der Waals surface area contributed by atoms with Crippen molar-refractivity contribution in [3.63, 3.8) is 0 Å². The second-order valence-electron chi connectivity index (χ2n) is 5.44. The van der Waals surface area contributed by atoms with E-state index in [0.717, 1.165) is 11.3 Å². The van der Waals surface area contributed by atoms with Crippen LogP contribution in [0.4, 0.5) is 0 Å². The van der Waals surface area contributed by atoms with E-state index in [-0.39, 0.29) is 30.6 Å². The third kappa shape index (κ3) is 5.23. The molecule has 23 heavy (non-hydrogen) atoms. The largest absolute Gasteiger partial charge is 0.364 e. The molecule has 1 aliphatic heterocycles. The van der Waals surface area contributed by atoms with Gasteiger partial charge in [0.2, 0.25) is 11.8 Å². The Hall–Kier alpha value is -1.57. The standard InChI is InChI=1S/C16H23N3O3S/c1-23-8-7-12(17)16(21)18-9-13-15(19-14(20)10-22-13)11-5-3-2-4-6-11/h2-6,12-13,15H,7-10,17H2,1H3,(H,18,21)(H,19,20)/t12-,13-,15+/m0/s1. The van der Waals surface area contributed by atoms with Crippen molar-refractivity contribution in [3.05, 3.63) is 35.9 Å². The van der Waals surface area contributed by atoms with Gasteiger partial charge in [-0.3, -0.25) is 9.59 Å². The van der Waals surface area contributed by atoms with Crippen molar-refractivity contribution in [2.75, 3.05) is 25.2 Å². The van der Waals surface area contributed by atoms with Gasteiger partial charge < -0.3 is 21.1 Å². The molecule has 0 radical (unpaired) electrons. The Balaban J connectivity index is 1.94. The summed E-state index contributed by atoms with van der Waals surface area (Å²) >= 11 is 1.66. The van der Waals surface area contributed by atoms with Crippen LogP contribution in [0.1, 0.15) is 18.0 Å². The van der Waals surface area contributed by atoms with E-state index in [9.17, 15) is 9.59 Å². The first-order valence-electron chi connectivity index (χ1n) is 7.60. The molecule has 2 amide bonds. The van der Waals surface area contributed by atoms with Gasteiger partial charge in [0.05, 0.1) is 18.2 Å². The smallest absolute Gasteiger partial charge is 0.246 e. The van der Waals surface area contributed by atoms with Gasteiger partial charge in [-0.05, 0) is 24.0 Å². The van der Waals surface area contributed by atoms with E-state index in [1.165, 1.54) is 0 Å². The molecular weight excluding hydrogens is 314 g/mol. The van der Waals surface area contributed by atoms with Crippen LogP contribution in [0.2, 0.25) is 0 Å². The summed E-state index contributed by atoms with van der Waals surface area (Å²) in [6, 6.07) is 8.79. The van der Waals surface area contributed by atoms with E-state index >= 15 is 0 Å². The maximum atomic E-state index is 12.0. The highest BCUT2D eigenvalue weighted by Crippen LogP contribution is 2.21. The first kappa shape index (κ1) is 17.8. The third-order valence-corrected chi connectivity index (χ3v) is 4.37. The Morgan fingerprint density at radius 3 is 2.91 bits per heavy atom. The normalized spacial score (nSPS) is 22.3. The molecule has 2 rings (SSSR count). The Morgan fingerprint density at radius 1 is 1.48 bits per heavy atom. The Morgan fingerprint density at radius 2 is 2.22 bits per heavy atom. The SMILES string of the molecule is CSCC[C@H](N)C(=O)NC[C@@H]1OCC(=O)N[C@@H]1c1ccccc1. The summed E-state index contributed by atoms with van der Waals surface area (Å²) in [5.41, 5.74) is 6.80. The number of nitrogens with two attached hydrogens (primary N) is 1. The Labute approximate surface area is 140 Å². The summed E-state index contributed by atoms with van der Waals surface area (Å²) in [5.74, 6) is 0.501. The number of ether oxygens (including phenoxy) is 1.